The summed E-state index contributed by atoms with van der Waals surface area (Å²) in [7, 11) is 1.55. The second-order valence-electron chi connectivity index (χ2n) is 4.52. The van der Waals surface area contributed by atoms with Gasteiger partial charge in [-0.25, -0.2) is 4.39 Å². The molecule has 24 heavy (non-hydrogen) atoms. The Morgan fingerprint density at radius 2 is 1.92 bits per heavy atom. The molecule has 0 aliphatic rings. The molecule has 0 unspecified atom stereocenters. The molecule has 0 aromatic heterocycles. The first-order chi connectivity index (χ1) is 11.5. The molecular formula is C16H14FN5O2. The Kier molecular flexibility index (Phi) is 5.31. The van der Waals surface area contributed by atoms with Crippen LogP contribution in [0, 0.1) is 22.6 Å². The number of hydrogen-bond acceptors (Lipinski definition) is 6. The highest BCUT2D eigenvalue weighted by atomic mass is 19.1. The van der Waals surface area contributed by atoms with Gasteiger partial charge in [0, 0.05) is 6.07 Å². The quantitative estimate of drug-likeness (QED) is 0.428. The van der Waals surface area contributed by atoms with E-state index in [1.54, 1.807) is 37.4 Å². The molecule has 0 aliphatic heterocycles. The van der Waals surface area contributed by atoms with E-state index in [4.69, 9.17) is 25.9 Å². The highest BCUT2D eigenvalue weighted by Gasteiger charge is 2.08. The van der Waals surface area contributed by atoms with Gasteiger partial charge in [0.25, 0.3) is 0 Å². The normalized spacial score (nSPS) is 10.6. The lowest BCUT2D eigenvalue weighted by Gasteiger charge is -2.11. The zero-order chi connectivity index (χ0) is 17.5. The maximum Gasteiger partial charge on any atom is 0.201 e. The molecule has 2 aromatic carbocycles. The smallest absolute Gasteiger partial charge is 0.201 e. The third-order valence-electron chi connectivity index (χ3n) is 2.88. The van der Waals surface area contributed by atoms with Crippen LogP contribution in [-0.2, 0) is 0 Å². The lowest BCUT2D eigenvalue weighted by molar-refractivity contribution is 0.413. The Labute approximate surface area is 137 Å². The molecule has 2 rings (SSSR count). The number of nitriles is 1. The minimum Gasteiger partial charge on any atom is -0.497 e. The molecule has 0 aliphatic carbocycles. The Morgan fingerprint density at radius 1 is 1.25 bits per heavy atom. The second kappa shape index (κ2) is 7.60. The summed E-state index contributed by atoms with van der Waals surface area (Å²) in [5.41, 5.74) is 7.54. The fourth-order valence-corrected chi connectivity index (χ4v) is 1.71. The van der Waals surface area contributed by atoms with E-state index in [0.29, 0.717) is 11.5 Å². The molecule has 8 heteroatoms. The Balaban J connectivity index is 2.27. The van der Waals surface area contributed by atoms with Crippen LogP contribution in [0.5, 0.6) is 17.2 Å². The SMILES string of the molecule is COc1ccc(Oc2ccc(F)cc2N/N=C(\C#N)C(=N)N)cc1. The van der Waals surface area contributed by atoms with Crippen LogP contribution in [0.1, 0.15) is 0 Å². The van der Waals surface area contributed by atoms with Crippen molar-refractivity contribution in [3.05, 3.63) is 48.3 Å². The van der Waals surface area contributed by atoms with Gasteiger partial charge >= 0.3 is 0 Å². The molecule has 0 saturated heterocycles. The molecule has 0 heterocycles. The summed E-state index contributed by atoms with van der Waals surface area (Å²) in [6.45, 7) is 0. The minimum atomic E-state index is -0.517. The number of hydrazone groups is 1. The molecule has 122 valence electrons. The largest absolute Gasteiger partial charge is 0.497 e. The van der Waals surface area contributed by atoms with Gasteiger partial charge in [-0.3, -0.25) is 10.8 Å². The number of nitrogens with one attached hydrogen (secondary N) is 2. The van der Waals surface area contributed by atoms with Crippen molar-refractivity contribution in [2.24, 2.45) is 10.8 Å². The van der Waals surface area contributed by atoms with E-state index in [1.807, 2.05) is 0 Å². The summed E-state index contributed by atoms with van der Waals surface area (Å²) in [5.74, 6) is 0.437. The highest BCUT2D eigenvalue weighted by molar-refractivity contribution is 6.45. The lowest BCUT2D eigenvalue weighted by atomic mass is 10.2. The molecule has 0 spiro atoms. The van der Waals surface area contributed by atoms with E-state index in [1.165, 1.54) is 12.1 Å². The van der Waals surface area contributed by atoms with Crippen LogP contribution in [0.15, 0.2) is 47.6 Å². The van der Waals surface area contributed by atoms with Crippen LogP contribution < -0.4 is 20.6 Å². The van der Waals surface area contributed by atoms with E-state index in [-0.39, 0.29) is 17.1 Å². The summed E-state index contributed by atoms with van der Waals surface area (Å²) in [5, 5.41) is 19.7. The molecule has 0 fully saturated rings. The number of ether oxygens (including phenoxy) is 2. The second-order valence-corrected chi connectivity index (χ2v) is 4.52. The maximum atomic E-state index is 13.5. The Morgan fingerprint density at radius 3 is 2.50 bits per heavy atom. The Hall–Kier alpha value is -3.60. The first-order valence-corrected chi connectivity index (χ1v) is 6.73. The number of methoxy groups -OCH3 is 1. The van der Waals surface area contributed by atoms with Gasteiger partial charge in [-0.1, -0.05) is 0 Å². The van der Waals surface area contributed by atoms with Crippen LogP contribution in [0.25, 0.3) is 0 Å². The summed E-state index contributed by atoms with van der Waals surface area (Å²) in [6.07, 6.45) is 0. The van der Waals surface area contributed by atoms with Crippen molar-refractivity contribution in [3.8, 4) is 23.3 Å². The van der Waals surface area contributed by atoms with Crippen LogP contribution in [0.2, 0.25) is 0 Å². The van der Waals surface area contributed by atoms with Crippen LogP contribution in [-0.4, -0.2) is 18.7 Å². The molecular weight excluding hydrogens is 313 g/mol. The van der Waals surface area contributed by atoms with Crippen LogP contribution >= 0.6 is 0 Å². The van der Waals surface area contributed by atoms with Crippen molar-refractivity contribution in [2.45, 2.75) is 0 Å². The zero-order valence-corrected chi connectivity index (χ0v) is 12.7. The number of nitrogens with zero attached hydrogens (tertiary/aromatic N) is 2. The van der Waals surface area contributed by atoms with Crippen molar-refractivity contribution in [2.75, 3.05) is 12.5 Å². The first-order valence-electron chi connectivity index (χ1n) is 6.73. The zero-order valence-electron chi connectivity index (χ0n) is 12.7. The average molecular weight is 327 g/mol. The van der Waals surface area contributed by atoms with Gasteiger partial charge in [0.1, 0.15) is 29.1 Å². The molecule has 0 atom stereocenters. The molecule has 0 amide bonds. The van der Waals surface area contributed by atoms with E-state index in [0.717, 1.165) is 6.07 Å². The van der Waals surface area contributed by atoms with Crippen LogP contribution in [0.4, 0.5) is 10.1 Å². The predicted octanol–water partition coefficient (Wildman–Crippen LogP) is 2.85. The van der Waals surface area contributed by atoms with Gasteiger partial charge in [-0.05, 0) is 36.4 Å². The van der Waals surface area contributed by atoms with Crippen molar-refractivity contribution in [1.82, 2.24) is 0 Å². The van der Waals surface area contributed by atoms with Gasteiger partial charge in [-0.15, -0.1) is 0 Å². The van der Waals surface area contributed by atoms with Crippen molar-refractivity contribution >= 4 is 17.2 Å². The van der Waals surface area contributed by atoms with Gasteiger partial charge in [-0.2, -0.15) is 10.4 Å². The fraction of sp³-hybridized carbons (Fsp3) is 0.0625. The average Bonchev–Trinajstić information content (AvgIpc) is 2.58. The third kappa shape index (κ3) is 4.20. The molecule has 2 aromatic rings. The van der Waals surface area contributed by atoms with E-state index in [2.05, 4.69) is 10.5 Å². The van der Waals surface area contributed by atoms with Gasteiger partial charge in [0.15, 0.2) is 11.6 Å². The number of nitrogens with two attached hydrogens (primary N) is 1. The standard InChI is InChI=1S/C16H14FN5O2/c1-23-11-3-5-12(6-4-11)24-15-7-2-10(17)8-13(15)21-22-14(9-18)16(19)20/h2-8,21H,1H3,(H3,19,20)/b22-14+. The topological polar surface area (TPSA) is 117 Å². The van der Waals surface area contributed by atoms with Gasteiger partial charge < -0.3 is 15.2 Å². The van der Waals surface area contributed by atoms with Gasteiger partial charge in [0.2, 0.25) is 5.71 Å². The van der Waals surface area contributed by atoms with Crippen LogP contribution in [0.3, 0.4) is 0 Å². The molecule has 0 radical (unpaired) electrons. The van der Waals surface area contributed by atoms with Crippen molar-refractivity contribution in [1.29, 1.82) is 10.7 Å². The number of hydrogen-bond donors (Lipinski definition) is 3. The minimum absolute atomic E-state index is 0.180. The maximum absolute atomic E-state index is 13.5. The summed E-state index contributed by atoms with van der Waals surface area (Å²) in [4.78, 5) is 0. The number of anilines is 1. The van der Waals surface area contributed by atoms with E-state index < -0.39 is 11.7 Å². The highest BCUT2D eigenvalue weighted by Crippen LogP contribution is 2.31. The lowest BCUT2D eigenvalue weighted by Crippen LogP contribution is -2.21. The monoisotopic (exact) mass is 327 g/mol. The third-order valence-corrected chi connectivity index (χ3v) is 2.88. The number of amidine groups is 1. The molecule has 7 nitrogen and oxygen atoms in total. The molecule has 0 bridgehead atoms. The molecule has 0 saturated carbocycles. The van der Waals surface area contributed by atoms with Gasteiger partial charge in [0.05, 0.1) is 7.11 Å². The summed E-state index contributed by atoms with van der Waals surface area (Å²) < 4.78 is 24.2. The fourth-order valence-electron chi connectivity index (χ4n) is 1.71. The first kappa shape index (κ1) is 16.8. The molecule has 4 N–H and O–H groups in total. The number of rotatable bonds is 6. The number of halogens is 1. The Bertz CT molecular complexity index is 812. The van der Waals surface area contributed by atoms with Crippen molar-refractivity contribution < 1.29 is 13.9 Å². The number of benzene rings is 2. The predicted molar refractivity (Wildman–Crippen MR) is 88.1 cm³/mol. The van der Waals surface area contributed by atoms with Crippen molar-refractivity contribution in [3.63, 3.8) is 0 Å². The van der Waals surface area contributed by atoms with E-state index in [9.17, 15) is 4.39 Å². The summed E-state index contributed by atoms with van der Waals surface area (Å²) in [6, 6.07) is 12.3. The van der Waals surface area contributed by atoms with E-state index >= 15 is 0 Å². The summed E-state index contributed by atoms with van der Waals surface area (Å²) >= 11 is 0.